The predicted molar refractivity (Wildman–Crippen MR) is 65.6 cm³/mol. The van der Waals surface area contributed by atoms with Gasteiger partial charge in [0.2, 0.25) is 0 Å². The maximum absolute atomic E-state index is 5.24. The first-order valence-electron chi connectivity index (χ1n) is 5.71. The predicted octanol–water partition coefficient (Wildman–Crippen LogP) is 3.50. The van der Waals surface area contributed by atoms with Crippen molar-refractivity contribution in [1.29, 1.82) is 0 Å². The second kappa shape index (κ2) is 5.45. The molecule has 0 aliphatic heterocycles. The van der Waals surface area contributed by atoms with Crippen molar-refractivity contribution < 1.29 is 0 Å². The molecule has 0 bridgehead atoms. The number of hydrogen-bond acceptors (Lipinski definition) is 2. The molecule has 1 aromatic heterocycles. The van der Waals surface area contributed by atoms with Gasteiger partial charge in [0.15, 0.2) is 4.77 Å². The van der Waals surface area contributed by atoms with Crippen LogP contribution in [0.3, 0.4) is 0 Å². The van der Waals surface area contributed by atoms with Gasteiger partial charge >= 0.3 is 0 Å². The van der Waals surface area contributed by atoms with Crippen LogP contribution in [0.2, 0.25) is 0 Å². The number of aromatic nitrogens is 3. The van der Waals surface area contributed by atoms with Gasteiger partial charge in [0.1, 0.15) is 5.82 Å². The topological polar surface area (TPSA) is 33.6 Å². The summed E-state index contributed by atoms with van der Waals surface area (Å²) in [5, 5.41) is 7.23. The van der Waals surface area contributed by atoms with Gasteiger partial charge in [-0.05, 0) is 24.6 Å². The Labute approximate surface area is 96.9 Å². The molecule has 0 aliphatic carbocycles. The number of nitrogens with zero attached hydrogens (tertiary/aromatic N) is 2. The fourth-order valence-corrected chi connectivity index (χ4v) is 2.02. The number of nitrogens with one attached hydrogen (secondary N) is 1. The van der Waals surface area contributed by atoms with Crippen LogP contribution in [0.4, 0.5) is 0 Å². The van der Waals surface area contributed by atoms with Crippen LogP contribution < -0.4 is 0 Å². The second-order valence-corrected chi connectivity index (χ2v) is 4.97. The van der Waals surface area contributed by atoms with Crippen molar-refractivity contribution >= 4 is 12.2 Å². The van der Waals surface area contributed by atoms with Crippen LogP contribution >= 0.6 is 12.2 Å². The van der Waals surface area contributed by atoms with E-state index in [9.17, 15) is 0 Å². The van der Waals surface area contributed by atoms with Crippen LogP contribution in [0.5, 0.6) is 0 Å². The zero-order valence-electron chi connectivity index (χ0n) is 10.1. The summed E-state index contributed by atoms with van der Waals surface area (Å²) >= 11 is 5.24. The molecule has 1 N–H and O–H groups in total. The molecule has 86 valence electrons. The van der Waals surface area contributed by atoms with E-state index in [0.717, 1.165) is 23.6 Å². The third-order valence-corrected chi connectivity index (χ3v) is 2.81. The van der Waals surface area contributed by atoms with Crippen LogP contribution in [0.25, 0.3) is 0 Å². The van der Waals surface area contributed by atoms with Gasteiger partial charge in [-0.25, -0.2) is 0 Å². The molecule has 0 saturated heterocycles. The monoisotopic (exact) mass is 227 g/mol. The molecule has 0 spiro atoms. The molecule has 1 unspecified atom stereocenters. The van der Waals surface area contributed by atoms with Gasteiger partial charge in [0.25, 0.3) is 0 Å². The molecule has 1 aromatic rings. The Kier molecular flexibility index (Phi) is 4.51. The summed E-state index contributed by atoms with van der Waals surface area (Å²) in [5.74, 6) is 2.19. The molecule has 1 atom stereocenters. The van der Waals surface area contributed by atoms with E-state index in [1.807, 2.05) is 0 Å². The van der Waals surface area contributed by atoms with Crippen molar-refractivity contribution in [3.63, 3.8) is 0 Å². The van der Waals surface area contributed by atoms with Crippen LogP contribution in [-0.4, -0.2) is 14.8 Å². The SMILES string of the molecule is CCCC(C)c1n[nH]c(=S)n1CC(C)C. The zero-order valence-corrected chi connectivity index (χ0v) is 10.9. The minimum absolute atomic E-state index is 0.488. The first-order valence-corrected chi connectivity index (χ1v) is 6.12. The average Bonchev–Trinajstić information content (AvgIpc) is 2.48. The van der Waals surface area contributed by atoms with Gasteiger partial charge in [-0.2, -0.15) is 5.10 Å². The summed E-state index contributed by atoms with van der Waals surface area (Å²) in [6, 6.07) is 0. The maximum atomic E-state index is 5.24. The number of hydrogen-bond donors (Lipinski definition) is 1. The molecule has 0 fully saturated rings. The lowest BCUT2D eigenvalue weighted by Crippen LogP contribution is -2.11. The summed E-state index contributed by atoms with van der Waals surface area (Å²) in [5.41, 5.74) is 0. The van der Waals surface area contributed by atoms with Gasteiger partial charge in [-0.3, -0.25) is 5.10 Å². The van der Waals surface area contributed by atoms with E-state index in [0.29, 0.717) is 11.8 Å². The lowest BCUT2D eigenvalue weighted by atomic mass is 10.1. The second-order valence-electron chi connectivity index (χ2n) is 4.58. The van der Waals surface area contributed by atoms with E-state index in [2.05, 4.69) is 42.5 Å². The van der Waals surface area contributed by atoms with Crippen LogP contribution in [0, 0.1) is 10.7 Å². The molecule has 4 heteroatoms. The summed E-state index contributed by atoms with van der Waals surface area (Å²) in [6.45, 7) is 9.76. The van der Waals surface area contributed by atoms with E-state index in [4.69, 9.17) is 12.2 Å². The largest absolute Gasteiger partial charge is 0.304 e. The molecule has 3 nitrogen and oxygen atoms in total. The highest BCUT2D eigenvalue weighted by atomic mass is 32.1. The summed E-state index contributed by atoms with van der Waals surface area (Å²) in [4.78, 5) is 0. The van der Waals surface area contributed by atoms with Gasteiger partial charge in [0, 0.05) is 12.5 Å². The van der Waals surface area contributed by atoms with E-state index >= 15 is 0 Å². The first kappa shape index (κ1) is 12.4. The van der Waals surface area contributed by atoms with Gasteiger partial charge in [-0.1, -0.05) is 34.1 Å². The van der Waals surface area contributed by atoms with E-state index < -0.39 is 0 Å². The summed E-state index contributed by atoms with van der Waals surface area (Å²) < 4.78 is 2.89. The van der Waals surface area contributed by atoms with Crippen LogP contribution in [0.1, 0.15) is 52.3 Å². The molecule has 1 rings (SSSR count). The Balaban J connectivity index is 2.92. The molecule has 15 heavy (non-hydrogen) atoms. The molecule has 1 heterocycles. The quantitative estimate of drug-likeness (QED) is 0.781. The molecule has 0 saturated carbocycles. The normalized spacial score (nSPS) is 13.4. The summed E-state index contributed by atoms with van der Waals surface area (Å²) in [6.07, 6.45) is 2.35. The first-order chi connectivity index (χ1) is 7.06. The third kappa shape index (κ3) is 3.16. The van der Waals surface area contributed by atoms with Crippen molar-refractivity contribution in [1.82, 2.24) is 14.8 Å². The van der Waals surface area contributed by atoms with Crippen molar-refractivity contribution in [3.8, 4) is 0 Å². The smallest absolute Gasteiger partial charge is 0.195 e. The minimum atomic E-state index is 0.488. The van der Waals surface area contributed by atoms with Crippen molar-refractivity contribution in [3.05, 3.63) is 10.6 Å². The molecule has 0 aromatic carbocycles. The fraction of sp³-hybridized carbons (Fsp3) is 0.818. The Morgan fingerprint density at radius 3 is 2.60 bits per heavy atom. The average molecular weight is 227 g/mol. The molecule has 0 radical (unpaired) electrons. The number of aromatic amines is 1. The van der Waals surface area contributed by atoms with E-state index in [1.165, 1.54) is 6.42 Å². The Hall–Kier alpha value is -0.640. The maximum Gasteiger partial charge on any atom is 0.195 e. The third-order valence-electron chi connectivity index (χ3n) is 2.50. The van der Waals surface area contributed by atoms with Crippen molar-refractivity contribution in [2.24, 2.45) is 5.92 Å². The Bertz CT molecular complexity index is 351. The standard InChI is InChI=1S/C11H21N3S/c1-5-6-9(4)10-12-13-11(15)14(10)7-8(2)3/h8-9H,5-7H2,1-4H3,(H,13,15). The number of rotatable bonds is 5. The highest BCUT2D eigenvalue weighted by Crippen LogP contribution is 2.19. The van der Waals surface area contributed by atoms with Gasteiger partial charge in [-0.15, -0.1) is 0 Å². The Morgan fingerprint density at radius 1 is 1.40 bits per heavy atom. The van der Waals surface area contributed by atoms with Crippen LogP contribution in [0.15, 0.2) is 0 Å². The Morgan fingerprint density at radius 2 is 2.07 bits per heavy atom. The minimum Gasteiger partial charge on any atom is -0.304 e. The van der Waals surface area contributed by atoms with Gasteiger partial charge in [0.05, 0.1) is 0 Å². The van der Waals surface area contributed by atoms with Crippen molar-refractivity contribution in [2.75, 3.05) is 0 Å². The lowest BCUT2D eigenvalue weighted by molar-refractivity contribution is 0.481. The zero-order chi connectivity index (χ0) is 11.4. The molecule has 0 amide bonds. The molecule has 0 aliphatic rings. The van der Waals surface area contributed by atoms with E-state index in [1.54, 1.807) is 0 Å². The highest BCUT2D eigenvalue weighted by Gasteiger charge is 2.13. The molecular weight excluding hydrogens is 206 g/mol. The van der Waals surface area contributed by atoms with E-state index in [-0.39, 0.29) is 0 Å². The van der Waals surface area contributed by atoms with Gasteiger partial charge < -0.3 is 4.57 Å². The number of H-pyrrole nitrogens is 1. The van der Waals surface area contributed by atoms with Crippen molar-refractivity contribution in [2.45, 2.75) is 53.0 Å². The highest BCUT2D eigenvalue weighted by molar-refractivity contribution is 7.71. The summed E-state index contributed by atoms with van der Waals surface area (Å²) in [7, 11) is 0. The fourth-order valence-electron chi connectivity index (χ4n) is 1.81. The molecular formula is C11H21N3S. The van der Waals surface area contributed by atoms with Crippen LogP contribution in [-0.2, 0) is 6.54 Å². The lowest BCUT2D eigenvalue weighted by Gasteiger charge is -2.13.